The first kappa shape index (κ1) is 16.1. The number of ketones is 1. The number of methoxy groups -OCH3 is 2. The maximum Gasteiger partial charge on any atom is 0.328 e. The molecule has 2 aromatic rings. The number of nitrogens with one attached hydrogen (secondary N) is 2. The van der Waals surface area contributed by atoms with Gasteiger partial charge >= 0.3 is 5.69 Å². The molecule has 0 saturated heterocycles. The zero-order chi connectivity index (χ0) is 17.0. The summed E-state index contributed by atoms with van der Waals surface area (Å²) >= 11 is 0. The van der Waals surface area contributed by atoms with Crippen LogP contribution in [0, 0.1) is 0 Å². The first-order valence-corrected chi connectivity index (χ1v) is 6.46. The van der Waals surface area contributed by atoms with E-state index in [4.69, 9.17) is 9.47 Å². The molecule has 8 nitrogen and oxygen atoms in total. The van der Waals surface area contributed by atoms with E-state index in [9.17, 15) is 19.5 Å². The predicted molar refractivity (Wildman–Crippen MR) is 82.3 cm³/mol. The summed E-state index contributed by atoms with van der Waals surface area (Å²) < 4.78 is 10.2. The SMILES string of the molecule is COc1ccc(/C=C/C(=O)c2c(O)[nH]c(=O)[nH]c2=O)cc1OC. The van der Waals surface area contributed by atoms with Crippen LogP contribution >= 0.6 is 0 Å². The Hall–Kier alpha value is -3.29. The standard InChI is InChI=1S/C15H14N2O6/c1-22-10-6-4-8(7-11(10)23-2)3-5-9(18)12-13(19)16-15(21)17-14(12)20/h3-7H,1-2H3,(H3,16,17,19,20,21)/b5-3+. The van der Waals surface area contributed by atoms with Crippen LogP contribution in [0.5, 0.6) is 17.4 Å². The molecular weight excluding hydrogens is 304 g/mol. The Morgan fingerprint density at radius 2 is 1.83 bits per heavy atom. The van der Waals surface area contributed by atoms with Gasteiger partial charge in [0.25, 0.3) is 5.56 Å². The maximum absolute atomic E-state index is 12.0. The van der Waals surface area contributed by atoms with Crippen molar-refractivity contribution < 1.29 is 19.4 Å². The van der Waals surface area contributed by atoms with E-state index in [-0.39, 0.29) is 0 Å². The second-order valence-corrected chi connectivity index (χ2v) is 4.44. The molecule has 0 fully saturated rings. The van der Waals surface area contributed by atoms with E-state index >= 15 is 0 Å². The van der Waals surface area contributed by atoms with Crippen LogP contribution in [0.2, 0.25) is 0 Å². The van der Waals surface area contributed by atoms with Gasteiger partial charge in [-0.05, 0) is 23.8 Å². The van der Waals surface area contributed by atoms with Crippen molar-refractivity contribution in [3.05, 3.63) is 56.2 Å². The summed E-state index contributed by atoms with van der Waals surface area (Å²) in [7, 11) is 2.98. The number of ether oxygens (including phenoxy) is 2. The third kappa shape index (κ3) is 3.49. The molecule has 0 aliphatic carbocycles. The van der Waals surface area contributed by atoms with Gasteiger partial charge in [-0.2, -0.15) is 0 Å². The Labute approximate surface area is 130 Å². The largest absolute Gasteiger partial charge is 0.494 e. The lowest BCUT2D eigenvalue weighted by atomic mass is 10.1. The second kappa shape index (κ2) is 6.65. The van der Waals surface area contributed by atoms with Gasteiger partial charge in [0, 0.05) is 0 Å². The number of aromatic nitrogens is 2. The minimum Gasteiger partial charge on any atom is -0.494 e. The van der Waals surface area contributed by atoms with Crippen LogP contribution in [0.1, 0.15) is 15.9 Å². The summed E-state index contributed by atoms with van der Waals surface area (Å²) in [5.41, 5.74) is -1.78. The molecule has 8 heteroatoms. The lowest BCUT2D eigenvalue weighted by Gasteiger charge is -2.07. The van der Waals surface area contributed by atoms with E-state index in [1.807, 2.05) is 9.97 Å². The molecular formula is C15H14N2O6. The third-order valence-corrected chi connectivity index (χ3v) is 3.00. The van der Waals surface area contributed by atoms with Gasteiger partial charge in [-0.1, -0.05) is 12.1 Å². The van der Waals surface area contributed by atoms with Crippen LogP contribution in [0.4, 0.5) is 0 Å². The molecule has 0 saturated carbocycles. The number of H-pyrrole nitrogens is 2. The number of allylic oxidation sites excluding steroid dienone is 1. The molecule has 0 bridgehead atoms. The average Bonchev–Trinajstić information content (AvgIpc) is 2.51. The van der Waals surface area contributed by atoms with Crippen molar-refractivity contribution in [3.63, 3.8) is 0 Å². The van der Waals surface area contributed by atoms with Crippen molar-refractivity contribution in [3.8, 4) is 17.4 Å². The monoisotopic (exact) mass is 318 g/mol. The molecule has 0 aliphatic rings. The third-order valence-electron chi connectivity index (χ3n) is 3.00. The summed E-state index contributed by atoms with van der Waals surface area (Å²) in [6.07, 6.45) is 2.54. The number of rotatable bonds is 5. The first-order valence-electron chi connectivity index (χ1n) is 6.46. The highest BCUT2D eigenvalue weighted by molar-refractivity contribution is 6.07. The van der Waals surface area contributed by atoms with Crippen molar-refractivity contribution in [2.45, 2.75) is 0 Å². The van der Waals surface area contributed by atoms with Crippen LogP contribution in [-0.4, -0.2) is 35.1 Å². The molecule has 23 heavy (non-hydrogen) atoms. The Morgan fingerprint density at radius 3 is 2.43 bits per heavy atom. The normalized spacial score (nSPS) is 10.7. The minimum atomic E-state index is -0.965. The fourth-order valence-corrected chi connectivity index (χ4v) is 1.91. The van der Waals surface area contributed by atoms with Crippen molar-refractivity contribution in [1.29, 1.82) is 0 Å². The van der Waals surface area contributed by atoms with E-state index in [1.54, 1.807) is 18.2 Å². The quantitative estimate of drug-likeness (QED) is 0.550. The molecule has 120 valence electrons. The van der Waals surface area contributed by atoms with Crippen molar-refractivity contribution in [2.75, 3.05) is 14.2 Å². The molecule has 0 atom stereocenters. The molecule has 3 N–H and O–H groups in total. The van der Waals surface area contributed by atoms with Gasteiger partial charge in [0.1, 0.15) is 5.56 Å². The summed E-state index contributed by atoms with van der Waals surface area (Å²) in [5, 5.41) is 9.52. The fourth-order valence-electron chi connectivity index (χ4n) is 1.91. The fraction of sp³-hybridized carbons (Fsp3) is 0.133. The summed E-state index contributed by atoms with van der Waals surface area (Å²) in [6.45, 7) is 0. The van der Waals surface area contributed by atoms with Gasteiger partial charge < -0.3 is 14.6 Å². The van der Waals surface area contributed by atoms with E-state index in [1.165, 1.54) is 20.3 Å². The van der Waals surface area contributed by atoms with Crippen LogP contribution in [0.3, 0.4) is 0 Å². The van der Waals surface area contributed by atoms with Gasteiger partial charge in [0.05, 0.1) is 14.2 Å². The molecule has 0 aliphatic heterocycles. The zero-order valence-electron chi connectivity index (χ0n) is 12.4. The van der Waals surface area contributed by atoms with Gasteiger partial charge in [-0.3, -0.25) is 19.6 Å². The molecule has 1 aromatic heterocycles. The van der Waals surface area contributed by atoms with E-state index in [0.717, 1.165) is 6.08 Å². The predicted octanol–water partition coefficient (Wildman–Crippen LogP) is 0.682. The van der Waals surface area contributed by atoms with Crippen LogP contribution in [0.15, 0.2) is 33.9 Å². The van der Waals surface area contributed by atoms with Crippen LogP contribution in [0.25, 0.3) is 6.08 Å². The van der Waals surface area contributed by atoms with Crippen molar-refractivity contribution >= 4 is 11.9 Å². The van der Waals surface area contributed by atoms with Crippen LogP contribution < -0.4 is 20.7 Å². The van der Waals surface area contributed by atoms with E-state index in [0.29, 0.717) is 17.1 Å². The Bertz CT molecular complexity index is 878. The maximum atomic E-state index is 12.0. The molecule has 0 radical (unpaired) electrons. The van der Waals surface area contributed by atoms with Gasteiger partial charge in [0.2, 0.25) is 5.88 Å². The number of carbonyl (C=O) groups excluding carboxylic acids is 1. The summed E-state index contributed by atoms with van der Waals surface area (Å²) in [6, 6.07) is 4.98. The molecule has 0 unspecified atom stereocenters. The number of aromatic hydroxyl groups is 1. The second-order valence-electron chi connectivity index (χ2n) is 4.44. The topological polar surface area (TPSA) is 121 Å². The Morgan fingerprint density at radius 1 is 1.13 bits per heavy atom. The smallest absolute Gasteiger partial charge is 0.328 e. The first-order chi connectivity index (χ1) is 11.0. The molecule has 1 heterocycles. The van der Waals surface area contributed by atoms with Crippen molar-refractivity contribution in [2.24, 2.45) is 0 Å². The highest BCUT2D eigenvalue weighted by Gasteiger charge is 2.14. The lowest BCUT2D eigenvalue weighted by molar-refractivity contribution is 0.104. The Kier molecular flexibility index (Phi) is 4.65. The number of aromatic amines is 2. The highest BCUT2D eigenvalue weighted by Crippen LogP contribution is 2.28. The number of hydrogen-bond donors (Lipinski definition) is 3. The molecule has 2 rings (SSSR count). The van der Waals surface area contributed by atoms with E-state index in [2.05, 4.69) is 0 Å². The van der Waals surface area contributed by atoms with Crippen molar-refractivity contribution in [1.82, 2.24) is 9.97 Å². The Balaban J connectivity index is 2.32. The lowest BCUT2D eigenvalue weighted by Crippen LogP contribution is -2.27. The summed E-state index contributed by atoms with van der Waals surface area (Å²) in [5.74, 6) is -0.520. The minimum absolute atomic E-state index is 0.479. The summed E-state index contributed by atoms with van der Waals surface area (Å²) in [4.78, 5) is 38.4. The number of hydrogen-bond acceptors (Lipinski definition) is 6. The number of benzene rings is 1. The zero-order valence-corrected chi connectivity index (χ0v) is 12.4. The molecule has 0 spiro atoms. The van der Waals surface area contributed by atoms with E-state index < -0.39 is 28.5 Å². The van der Waals surface area contributed by atoms with Gasteiger partial charge in [0.15, 0.2) is 17.3 Å². The average molecular weight is 318 g/mol. The molecule has 0 amide bonds. The van der Waals surface area contributed by atoms with Gasteiger partial charge in [-0.25, -0.2) is 4.79 Å². The molecule has 1 aromatic carbocycles. The van der Waals surface area contributed by atoms with Crippen LogP contribution in [-0.2, 0) is 0 Å². The highest BCUT2D eigenvalue weighted by atomic mass is 16.5. The number of carbonyl (C=O) groups is 1. The van der Waals surface area contributed by atoms with Gasteiger partial charge in [-0.15, -0.1) is 0 Å².